The number of carboxylic acids is 1. The minimum Gasteiger partial charge on any atom is -0.481 e. The Hall–Kier alpha value is -2.38. The summed E-state index contributed by atoms with van der Waals surface area (Å²) in [5.41, 5.74) is 8.47. The number of carboxylic acid groups (broad SMARTS) is 1. The predicted octanol–water partition coefficient (Wildman–Crippen LogP) is 1.55. The van der Waals surface area contributed by atoms with Crippen LogP contribution in [0.25, 0.3) is 6.08 Å². The van der Waals surface area contributed by atoms with Gasteiger partial charge in [-0.15, -0.1) is 0 Å². The molecular formula is C20H31N5O2. The van der Waals surface area contributed by atoms with Crippen molar-refractivity contribution in [2.45, 2.75) is 26.3 Å². The molecule has 0 amide bonds. The molecule has 0 spiro atoms. The smallest absolute Gasteiger partial charge is 0.311 e. The Morgan fingerprint density at radius 3 is 2.41 bits per heavy atom. The molecule has 1 aromatic carbocycles. The molecule has 0 saturated carbocycles. The van der Waals surface area contributed by atoms with Crippen molar-refractivity contribution in [2.75, 3.05) is 33.2 Å². The highest BCUT2D eigenvalue weighted by Crippen LogP contribution is 2.21. The average molecular weight is 374 g/mol. The standard InChI is InChI=1S/C20H31N5O2/c1-3-4-17(20(26)27)18(19(21)23-22)13-15-5-7-16(8-6-15)14-25-11-9-24(2)10-12-25/h5-8,13,17H,3-4,9-12,14,22H2,1-2H3,(H2,21,23)(H,26,27)/b18-13-. The molecule has 1 heterocycles. The third kappa shape index (κ3) is 6.08. The highest BCUT2D eigenvalue weighted by Gasteiger charge is 2.24. The Morgan fingerprint density at radius 1 is 1.26 bits per heavy atom. The van der Waals surface area contributed by atoms with Crippen LogP contribution >= 0.6 is 0 Å². The van der Waals surface area contributed by atoms with Gasteiger partial charge in [0, 0.05) is 38.3 Å². The van der Waals surface area contributed by atoms with Crippen molar-refractivity contribution in [1.29, 1.82) is 0 Å². The number of piperazine rings is 1. The second kappa shape index (κ2) is 10.1. The lowest BCUT2D eigenvalue weighted by Crippen LogP contribution is -2.43. The van der Waals surface area contributed by atoms with Crippen LogP contribution in [-0.4, -0.2) is 59.9 Å². The van der Waals surface area contributed by atoms with Crippen LogP contribution in [0.4, 0.5) is 0 Å². The van der Waals surface area contributed by atoms with Crippen LogP contribution in [0, 0.1) is 5.92 Å². The second-order valence-corrected chi connectivity index (χ2v) is 7.11. The summed E-state index contributed by atoms with van der Waals surface area (Å²) in [6, 6.07) is 8.13. The summed E-state index contributed by atoms with van der Waals surface area (Å²) in [7, 11) is 2.15. The molecule has 0 radical (unpaired) electrons. The fourth-order valence-electron chi connectivity index (χ4n) is 3.29. The van der Waals surface area contributed by atoms with E-state index in [0.717, 1.165) is 44.7 Å². The van der Waals surface area contributed by atoms with Gasteiger partial charge in [0.15, 0.2) is 0 Å². The van der Waals surface area contributed by atoms with E-state index in [4.69, 9.17) is 11.6 Å². The highest BCUT2D eigenvalue weighted by molar-refractivity contribution is 6.05. The molecule has 27 heavy (non-hydrogen) atoms. The summed E-state index contributed by atoms with van der Waals surface area (Å²) in [6.45, 7) is 7.19. The number of benzene rings is 1. The molecule has 5 N–H and O–H groups in total. The Bertz CT molecular complexity index is 676. The quantitative estimate of drug-likeness (QED) is 0.276. The van der Waals surface area contributed by atoms with Gasteiger partial charge in [0.2, 0.25) is 0 Å². The van der Waals surface area contributed by atoms with Crippen LogP contribution in [-0.2, 0) is 11.3 Å². The van der Waals surface area contributed by atoms with Gasteiger partial charge in [0.1, 0.15) is 5.84 Å². The summed E-state index contributed by atoms with van der Waals surface area (Å²) in [5.74, 6) is 3.76. The van der Waals surface area contributed by atoms with Crippen LogP contribution in [0.3, 0.4) is 0 Å². The number of rotatable bonds is 8. The molecule has 7 nitrogen and oxygen atoms in total. The Labute approximate surface area is 161 Å². The number of hydrogen-bond donors (Lipinski definition) is 3. The predicted molar refractivity (Wildman–Crippen MR) is 109 cm³/mol. The molecule has 1 fully saturated rings. The number of nitrogens with zero attached hydrogens (tertiary/aromatic N) is 3. The SMILES string of the molecule is CCCC(C(=O)O)/C(=C/c1ccc(CN2CCN(C)CC2)cc1)C(N)=NN. The molecule has 1 unspecified atom stereocenters. The van der Waals surface area contributed by atoms with E-state index in [2.05, 4.69) is 34.1 Å². The van der Waals surface area contributed by atoms with Crippen LogP contribution < -0.4 is 11.6 Å². The lowest BCUT2D eigenvalue weighted by atomic mass is 9.91. The van der Waals surface area contributed by atoms with E-state index in [9.17, 15) is 9.90 Å². The van der Waals surface area contributed by atoms with Crippen LogP contribution in [0.2, 0.25) is 0 Å². The van der Waals surface area contributed by atoms with Crippen LogP contribution in [0.1, 0.15) is 30.9 Å². The first-order chi connectivity index (χ1) is 12.9. The van der Waals surface area contributed by atoms with Crippen LogP contribution in [0.5, 0.6) is 0 Å². The number of hydrogen-bond acceptors (Lipinski definition) is 5. The molecule has 0 aromatic heterocycles. The first-order valence-corrected chi connectivity index (χ1v) is 9.42. The van der Waals surface area contributed by atoms with Crippen LogP contribution in [0.15, 0.2) is 34.9 Å². The van der Waals surface area contributed by atoms with Crippen molar-refractivity contribution in [3.05, 3.63) is 41.0 Å². The lowest BCUT2D eigenvalue weighted by Gasteiger charge is -2.32. The summed E-state index contributed by atoms with van der Waals surface area (Å²) < 4.78 is 0. The van der Waals surface area contributed by atoms with Gasteiger partial charge in [-0.1, -0.05) is 37.6 Å². The van der Waals surface area contributed by atoms with Crippen molar-refractivity contribution in [1.82, 2.24) is 9.80 Å². The van der Waals surface area contributed by atoms with E-state index in [1.165, 1.54) is 5.56 Å². The number of amidine groups is 1. The van der Waals surface area contributed by atoms with Crippen molar-refractivity contribution in [3.8, 4) is 0 Å². The fourth-order valence-corrected chi connectivity index (χ4v) is 3.29. The maximum Gasteiger partial charge on any atom is 0.311 e. The Kier molecular flexibility index (Phi) is 7.82. The largest absolute Gasteiger partial charge is 0.481 e. The third-order valence-electron chi connectivity index (χ3n) is 4.99. The van der Waals surface area contributed by atoms with Crippen molar-refractivity contribution in [2.24, 2.45) is 22.6 Å². The van der Waals surface area contributed by atoms with E-state index in [-0.39, 0.29) is 5.84 Å². The molecule has 1 atom stereocenters. The monoisotopic (exact) mass is 373 g/mol. The van der Waals surface area contributed by atoms with Gasteiger partial charge in [-0.25, -0.2) is 0 Å². The van der Waals surface area contributed by atoms with Crippen molar-refractivity contribution >= 4 is 17.9 Å². The van der Waals surface area contributed by atoms with Gasteiger partial charge in [-0.2, -0.15) is 5.10 Å². The zero-order chi connectivity index (χ0) is 19.8. The zero-order valence-corrected chi connectivity index (χ0v) is 16.3. The number of nitrogens with two attached hydrogens (primary N) is 2. The molecule has 7 heteroatoms. The fraction of sp³-hybridized carbons (Fsp3) is 0.500. The van der Waals surface area contributed by atoms with E-state index in [1.54, 1.807) is 6.08 Å². The Morgan fingerprint density at radius 2 is 1.89 bits per heavy atom. The maximum atomic E-state index is 11.6. The molecule has 0 aliphatic carbocycles. The first kappa shape index (κ1) is 20.9. The molecule has 1 aromatic rings. The molecule has 0 bridgehead atoms. The van der Waals surface area contributed by atoms with E-state index < -0.39 is 11.9 Å². The lowest BCUT2D eigenvalue weighted by molar-refractivity contribution is -0.140. The summed E-state index contributed by atoms with van der Waals surface area (Å²) in [5, 5.41) is 13.1. The first-order valence-electron chi connectivity index (χ1n) is 9.42. The molecule has 1 aliphatic heterocycles. The third-order valence-corrected chi connectivity index (χ3v) is 4.99. The van der Waals surface area contributed by atoms with Gasteiger partial charge in [-0.3, -0.25) is 9.69 Å². The van der Waals surface area contributed by atoms with Gasteiger partial charge >= 0.3 is 5.97 Å². The van der Waals surface area contributed by atoms with Crippen molar-refractivity contribution < 1.29 is 9.90 Å². The molecule has 1 saturated heterocycles. The summed E-state index contributed by atoms with van der Waals surface area (Å²) in [4.78, 5) is 16.4. The second-order valence-electron chi connectivity index (χ2n) is 7.11. The van der Waals surface area contributed by atoms with E-state index in [1.807, 2.05) is 19.1 Å². The molecule has 1 aliphatic rings. The number of aliphatic carboxylic acids is 1. The average Bonchev–Trinajstić information content (AvgIpc) is 2.67. The normalized spacial score (nSPS) is 18.4. The highest BCUT2D eigenvalue weighted by atomic mass is 16.4. The van der Waals surface area contributed by atoms with Crippen molar-refractivity contribution in [3.63, 3.8) is 0 Å². The van der Waals surface area contributed by atoms with Gasteiger partial charge in [-0.05, 0) is 30.7 Å². The van der Waals surface area contributed by atoms with Gasteiger partial charge in [0.25, 0.3) is 0 Å². The Balaban J connectivity index is 2.15. The zero-order valence-electron chi connectivity index (χ0n) is 16.3. The number of likely N-dealkylation sites (N-methyl/N-ethyl adjacent to an activating group) is 1. The molecular weight excluding hydrogens is 342 g/mol. The summed E-state index contributed by atoms with van der Waals surface area (Å²) in [6.07, 6.45) is 2.99. The van der Waals surface area contributed by atoms with E-state index in [0.29, 0.717) is 12.0 Å². The maximum absolute atomic E-state index is 11.6. The van der Waals surface area contributed by atoms with E-state index >= 15 is 0 Å². The summed E-state index contributed by atoms with van der Waals surface area (Å²) >= 11 is 0. The minimum absolute atomic E-state index is 0.0670. The molecule has 2 rings (SSSR count). The number of hydrazone groups is 1. The van der Waals surface area contributed by atoms with Gasteiger partial charge < -0.3 is 21.6 Å². The van der Waals surface area contributed by atoms with Gasteiger partial charge in [0.05, 0.1) is 5.92 Å². The minimum atomic E-state index is -0.915. The number of carbonyl (C=O) groups is 1. The molecule has 148 valence electrons. The topological polar surface area (TPSA) is 108 Å².